The molecule has 208 valence electrons. The lowest BCUT2D eigenvalue weighted by Crippen LogP contribution is -2.28. The van der Waals surface area contributed by atoms with Gasteiger partial charge < -0.3 is 4.90 Å². The highest BCUT2D eigenvalue weighted by atomic mass is 35.5. The SMILES string of the molecule is Cc1ncc(-c2ccc3ncn(CCCC(=O)N4CCCC4)c(=O)c3c2)cc1NS(=O)(=O)c1ccc(F)cc1Cl. The number of nitrogens with one attached hydrogen (secondary N) is 1. The second kappa shape index (κ2) is 11.3. The van der Waals surface area contributed by atoms with Crippen molar-refractivity contribution in [2.24, 2.45) is 0 Å². The summed E-state index contributed by atoms with van der Waals surface area (Å²) in [5.41, 5.74) is 2.13. The first-order valence-electron chi connectivity index (χ1n) is 12.8. The Morgan fingerprint density at radius 3 is 2.60 bits per heavy atom. The number of sulfonamides is 1. The normalized spacial score (nSPS) is 13.6. The minimum Gasteiger partial charge on any atom is -0.343 e. The summed E-state index contributed by atoms with van der Waals surface area (Å²) in [5.74, 6) is -0.536. The molecule has 1 saturated heterocycles. The van der Waals surface area contributed by atoms with Gasteiger partial charge in [0.05, 0.1) is 33.6 Å². The number of nitrogens with zero attached hydrogens (tertiary/aromatic N) is 4. The highest BCUT2D eigenvalue weighted by Gasteiger charge is 2.21. The molecule has 0 saturated carbocycles. The van der Waals surface area contributed by atoms with E-state index in [9.17, 15) is 22.4 Å². The van der Waals surface area contributed by atoms with Crippen LogP contribution in [0.15, 0.2) is 64.7 Å². The smallest absolute Gasteiger partial charge is 0.263 e. The molecule has 2 aromatic carbocycles. The molecule has 0 atom stereocenters. The summed E-state index contributed by atoms with van der Waals surface area (Å²) in [6, 6.07) is 9.83. The van der Waals surface area contributed by atoms with Crippen molar-refractivity contribution in [1.82, 2.24) is 19.4 Å². The van der Waals surface area contributed by atoms with Gasteiger partial charge in [-0.3, -0.25) is 23.9 Å². The van der Waals surface area contributed by atoms with Crippen LogP contribution in [0.1, 0.15) is 31.4 Å². The van der Waals surface area contributed by atoms with Crippen LogP contribution >= 0.6 is 11.6 Å². The Bertz CT molecular complexity index is 1770. The molecule has 1 N–H and O–H groups in total. The highest BCUT2D eigenvalue weighted by Crippen LogP contribution is 2.29. The van der Waals surface area contributed by atoms with E-state index < -0.39 is 15.8 Å². The summed E-state index contributed by atoms with van der Waals surface area (Å²) in [6.07, 6.45) is 6.06. The molecule has 1 amide bonds. The number of carbonyl (C=O) groups is 1. The van der Waals surface area contributed by atoms with Crippen molar-refractivity contribution in [1.29, 1.82) is 0 Å². The van der Waals surface area contributed by atoms with Gasteiger partial charge in [-0.25, -0.2) is 17.8 Å². The Labute approximate surface area is 235 Å². The van der Waals surface area contributed by atoms with Gasteiger partial charge in [-0.15, -0.1) is 0 Å². The van der Waals surface area contributed by atoms with Crippen LogP contribution in [-0.4, -0.2) is 46.8 Å². The molecule has 0 aliphatic carbocycles. The zero-order chi connectivity index (χ0) is 28.4. The van der Waals surface area contributed by atoms with Gasteiger partial charge in [-0.2, -0.15) is 0 Å². The van der Waals surface area contributed by atoms with Gasteiger partial charge in [0.25, 0.3) is 15.6 Å². The maximum atomic E-state index is 13.4. The molecule has 3 heterocycles. The monoisotopic (exact) mass is 583 g/mol. The Morgan fingerprint density at radius 2 is 1.85 bits per heavy atom. The highest BCUT2D eigenvalue weighted by molar-refractivity contribution is 7.92. The first-order valence-corrected chi connectivity index (χ1v) is 14.7. The van der Waals surface area contributed by atoms with E-state index in [1.54, 1.807) is 37.4 Å². The van der Waals surface area contributed by atoms with Crippen molar-refractivity contribution in [3.8, 4) is 11.1 Å². The minimum absolute atomic E-state index is 0.113. The second-order valence-electron chi connectivity index (χ2n) is 9.70. The Hall–Kier alpha value is -3.83. The third-order valence-corrected chi connectivity index (χ3v) is 8.77. The number of hydrogen-bond donors (Lipinski definition) is 1. The Kier molecular flexibility index (Phi) is 7.86. The van der Waals surface area contributed by atoms with Gasteiger partial charge in [0.1, 0.15) is 10.7 Å². The number of benzene rings is 2. The quantitative estimate of drug-likeness (QED) is 0.320. The molecule has 0 spiro atoms. The molecule has 0 bridgehead atoms. The predicted octanol–water partition coefficient (Wildman–Crippen LogP) is 4.76. The van der Waals surface area contributed by atoms with Crippen LogP contribution in [0.5, 0.6) is 0 Å². The molecular weight excluding hydrogens is 557 g/mol. The third-order valence-electron chi connectivity index (χ3n) is 6.92. The van der Waals surface area contributed by atoms with Crippen molar-refractivity contribution in [3.63, 3.8) is 0 Å². The van der Waals surface area contributed by atoms with Crippen LogP contribution in [0.3, 0.4) is 0 Å². The maximum Gasteiger partial charge on any atom is 0.263 e. The lowest BCUT2D eigenvalue weighted by molar-refractivity contribution is -0.130. The molecule has 2 aromatic heterocycles. The van der Waals surface area contributed by atoms with Crippen LogP contribution in [0.2, 0.25) is 5.02 Å². The van der Waals surface area contributed by atoms with E-state index >= 15 is 0 Å². The Morgan fingerprint density at radius 1 is 1.07 bits per heavy atom. The standard InChI is InChI=1S/C28H27ClFN5O4S/c1-18-25(33-40(38,39)26-9-7-21(30)15-23(26)29)14-20(16-31-18)19-6-8-24-22(13-19)28(37)35(17-32-24)12-4-5-27(36)34-10-2-3-11-34/h6-9,13-17,33H,2-5,10-12H2,1H3. The summed E-state index contributed by atoms with van der Waals surface area (Å²) in [7, 11) is -4.13. The molecule has 4 aromatic rings. The number of fused-ring (bicyclic) bond motifs is 1. The third kappa shape index (κ3) is 5.85. The van der Waals surface area contributed by atoms with Gasteiger partial charge in [0, 0.05) is 37.8 Å². The number of aryl methyl sites for hydroxylation is 2. The van der Waals surface area contributed by atoms with Gasteiger partial charge in [-0.05, 0) is 68.1 Å². The fourth-order valence-electron chi connectivity index (χ4n) is 4.71. The van der Waals surface area contributed by atoms with Crippen molar-refractivity contribution < 1.29 is 17.6 Å². The zero-order valence-corrected chi connectivity index (χ0v) is 23.3. The topological polar surface area (TPSA) is 114 Å². The van der Waals surface area contributed by atoms with Gasteiger partial charge >= 0.3 is 0 Å². The van der Waals surface area contributed by atoms with Crippen molar-refractivity contribution in [2.45, 2.75) is 44.0 Å². The Balaban J connectivity index is 1.39. The molecule has 0 radical (unpaired) electrons. The molecule has 0 unspecified atom stereocenters. The molecular formula is C28H27ClFN5O4S. The van der Waals surface area contributed by atoms with Crippen LogP contribution in [0.4, 0.5) is 10.1 Å². The number of likely N-dealkylation sites (tertiary alicyclic amines) is 1. The average molecular weight is 584 g/mol. The molecule has 12 heteroatoms. The number of anilines is 1. The number of carbonyl (C=O) groups excluding carboxylic acids is 1. The van der Waals surface area contributed by atoms with Crippen molar-refractivity contribution in [3.05, 3.63) is 81.9 Å². The second-order valence-corrected chi connectivity index (χ2v) is 11.8. The largest absolute Gasteiger partial charge is 0.343 e. The summed E-state index contributed by atoms with van der Waals surface area (Å²) < 4.78 is 43.4. The molecule has 1 fully saturated rings. The molecule has 1 aliphatic heterocycles. The van der Waals surface area contributed by atoms with Gasteiger partial charge in [0.15, 0.2) is 0 Å². The number of amides is 1. The minimum atomic E-state index is -4.13. The van der Waals surface area contributed by atoms with Crippen molar-refractivity contribution in [2.75, 3.05) is 17.8 Å². The number of halogens is 2. The molecule has 1 aliphatic rings. The number of aromatic nitrogens is 3. The lowest BCUT2D eigenvalue weighted by Gasteiger charge is -2.15. The number of pyridine rings is 1. The first-order chi connectivity index (χ1) is 19.1. The van der Waals surface area contributed by atoms with Crippen LogP contribution < -0.4 is 10.3 Å². The summed E-state index contributed by atoms with van der Waals surface area (Å²) in [6.45, 7) is 3.62. The number of hydrogen-bond acceptors (Lipinski definition) is 6. The molecule has 9 nitrogen and oxygen atoms in total. The van der Waals surface area contributed by atoms with E-state index in [1.807, 2.05) is 4.90 Å². The fraction of sp³-hybridized carbons (Fsp3) is 0.286. The van der Waals surface area contributed by atoms with Crippen LogP contribution in [0.25, 0.3) is 22.0 Å². The van der Waals surface area contributed by atoms with E-state index in [1.165, 1.54) is 10.9 Å². The number of rotatable bonds is 8. The van der Waals surface area contributed by atoms with E-state index in [2.05, 4.69) is 14.7 Å². The van der Waals surface area contributed by atoms with E-state index in [4.69, 9.17) is 11.6 Å². The zero-order valence-electron chi connectivity index (χ0n) is 21.7. The van der Waals surface area contributed by atoms with Crippen LogP contribution in [0, 0.1) is 12.7 Å². The molecule has 5 rings (SSSR count). The maximum absolute atomic E-state index is 13.4. The lowest BCUT2D eigenvalue weighted by atomic mass is 10.0. The van der Waals surface area contributed by atoms with E-state index in [0.717, 1.165) is 44.1 Å². The summed E-state index contributed by atoms with van der Waals surface area (Å²) in [4.78, 5) is 35.9. The summed E-state index contributed by atoms with van der Waals surface area (Å²) >= 11 is 5.98. The van der Waals surface area contributed by atoms with E-state index in [-0.39, 0.29) is 27.1 Å². The summed E-state index contributed by atoms with van der Waals surface area (Å²) in [5, 5.41) is 0.152. The van der Waals surface area contributed by atoms with Gasteiger partial charge in [-0.1, -0.05) is 17.7 Å². The first kappa shape index (κ1) is 27.7. The predicted molar refractivity (Wildman–Crippen MR) is 151 cm³/mol. The van der Waals surface area contributed by atoms with Crippen molar-refractivity contribution >= 4 is 44.1 Å². The van der Waals surface area contributed by atoms with E-state index in [0.29, 0.717) is 47.1 Å². The average Bonchev–Trinajstić information content (AvgIpc) is 3.46. The molecule has 40 heavy (non-hydrogen) atoms. The van der Waals surface area contributed by atoms with Gasteiger partial charge in [0.2, 0.25) is 5.91 Å². The fourth-order valence-corrected chi connectivity index (χ4v) is 6.35. The van der Waals surface area contributed by atoms with Crippen LogP contribution in [-0.2, 0) is 21.4 Å².